The highest BCUT2D eigenvalue weighted by atomic mass is 16.5. The van der Waals surface area contributed by atoms with Gasteiger partial charge in [0.25, 0.3) is 0 Å². The van der Waals surface area contributed by atoms with Gasteiger partial charge in [-0.2, -0.15) is 5.10 Å². The Morgan fingerprint density at radius 1 is 1.50 bits per heavy atom. The van der Waals surface area contributed by atoms with E-state index in [9.17, 15) is 4.79 Å². The number of fused-ring (bicyclic) bond motifs is 1. The Morgan fingerprint density at radius 3 is 3.05 bits per heavy atom. The fourth-order valence-corrected chi connectivity index (χ4v) is 3.10. The van der Waals surface area contributed by atoms with E-state index in [0.29, 0.717) is 0 Å². The van der Waals surface area contributed by atoms with Crippen molar-refractivity contribution in [3.63, 3.8) is 0 Å². The zero-order chi connectivity index (χ0) is 15.7. The summed E-state index contributed by atoms with van der Waals surface area (Å²) < 4.78 is 7.02. The lowest BCUT2D eigenvalue weighted by Gasteiger charge is -2.13. The molecule has 1 aliphatic rings. The Balaban J connectivity index is 1.83. The number of hydrogen-bond donors (Lipinski definition) is 1. The van der Waals surface area contributed by atoms with Gasteiger partial charge < -0.3 is 10.1 Å². The number of anilines is 1. The molecule has 0 unspecified atom stereocenters. The average Bonchev–Trinajstić information content (AvgIpc) is 3.09. The average molecular weight is 299 g/mol. The summed E-state index contributed by atoms with van der Waals surface area (Å²) in [7, 11) is 3.51. The molecule has 1 aromatic carbocycles. The van der Waals surface area contributed by atoms with E-state index in [1.54, 1.807) is 11.8 Å². The van der Waals surface area contributed by atoms with Crippen molar-refractivity contribution < 1.29 is 9.53 Å². The molecule has 1 atom stereocenters. The molecule has 116 valence electrons. The summed E-state index contributed by atoms with van der Waals surface area (Å²) in [5.74, 6) is 0.721. The molecule has 0 fully saturated rings. The molecular weight excluding hydrogens is 278 g/mol. The van der Waals surface area contributed by atoms with Gasteiger partial charge in [-0.15, -0.1) is 0 Å². The van der Waals surface area contributed by atoms with E-state index < -0.39 is 0 Å². The third-order valence-electron chi connectivity index (χ3n) is 4.25. The van der Waals surface area contributed by atoms with Gasteiger partial charge in [-0.05, 0) is 42.5 Å². The summed E-state index contributed by atoms with van der Waals surface area (Å²) >= 11 is 0. The topological polar surface area (TPSA) is 56.2 Å². The van der Waals surface area contributed by atoms with Crippen molar-refractivity contribution in [3.8, 4) is 5.75 Å². The predicted octanol–water partition coefficient (Wildman–Crippen LogP) is 2.66. The van der Waals surface area contributed by atoms with Crippen LogP contribution in [0.2, 0.25) is 0 Å². The summed E-state index contributed by atoms with van der Waals surface area (Å²) in [6.45, 7) is 2.04. The number of methoxy groups -OCH3 is 1. The second-order valence-electron chi connectivity index (χ2n) is 5.66. The number of benzene rings is 1. The molecule has 1 N–H and O–H groups in total. The van der Waals surface area contributed by atoms with Crippen LogP contribution >= 0.6 is 0 Å². The first-order valence-electron chi connectivity index (χ1n) is 7.62. The van der Waals surface area contributed by atoms with Crippen molar-refractivity contribution in [2.45, 2.75) is 32.1 Å². The van der Waals surface area contributed by atoms with Crippen LogP contribution in [0.25, 0.3) is 0 Å². The lowest BCUT2D eigenvalue weighted by Crippen LogP contribution is -2.19. The van der Waals surface area contributed by atoms with Crippen molar-refractivity contribution in [1.82, 2.24) is 9.78 Å². The van der Waals surface area contributed by atoms with E-state index in [4.69, 9.17) is 4.74 Å². The predicted molar refractivity (Wildman–Crippen MR) is 85.3 cm³/mol. The number of nitrogens with one attached hydrogen (secondary N) is 1. The van der Waals surface area contributed by atoms with Gasteiger partial charge in [0.2, 0.25) is 5.91 Å². The first-order valence-corrected chi connectivity index (χ1v) is 7.62. The third kappa shape index (κ3) is 2.58. The molecule has 2 aromatic rings. The van der Waals surface area contributed by atoms with Crippen molar-refractivity contribution in [1.29, 1.82) is 0 Å². The van der Waals surface area contributed by atoms with Crippen LogP contribution in [0.1, 0.15) is 36.1 Å². The largest absolute Gasteiger partial charge is 0.497 e. The van der Waals surface area contributed by atoms with Crippen LogP contribution in [-0.4, -0.2) is 22.8 Å². The van der Waals surface area contributed by atoms with Gasteiger partial charge in [0.05, 0.1) is 24.4 Å². The molecule has 22 heavy (non-hydrogen) atoms. The van der Waals surface area contributed by atoms with Crippen LogP contribution in [0.15, 0.2) is 24.4 Å². The van der Waals surface area contributed by atoms with Crippen molar-refractivity contribution >= 4 is 11.6 Å². The van der Waals surface area contributed by atoms with Crippen molar-refractivity contribution in [2.24, 2.45) is 7.05 Å². The molecule has 5 nitrogen and oxygen atoms in total. The summed E-state index contributed by atoms with van der Waals surface area (Å²) in [5.41, 5.74) is 4.05. The second kappa shape index (κ2) is 5.83. The fraction of sp³-hybridized carbons (Fsp3) is 0.412. The monoisotopic (exact) mass is 299 g/mol. The molecular formula is C17H21N3O2. The minimum absolute atomic E-state index is 0.0368. The minimum atomic E-state index is -0.116. The van der Waals surface area contributed by atoms with E-state index in [2.05, 4.69) is 16.5 Å². The summed E-state index contributed by atoms with van der Waals surface area (Å²) in [5, 5.41) is 7.40. The lowest BCUT2D eigenvalue weighted by atomic mass is 10.00. The fourth-order valence-electron chi connectivity index (χ4n) is 3.10. The van der Waals surface area contributed by atoms with E-state index in [0.717, 1.165) is 42.0 Å². The van der Waals surface area contributed by atoms with Gasteiger partial charge in [0.1, 0.15) is 5.75 Å². The summed E-state index contributed by atoms with van der Waals surface area (Å²) in [4.78, 5) is 12.7. The van der Waals surface area contributed by atoms with Crippen LogP contribution in [-0.2, 0) is 24.7 Å². The standard InChI is InChI=1S/C17H21N3O2/c1-4-15-16(10-20(2)19-15)18-17(21)13-8-6-11-5-7-12(22-3)9-14(11)13/h5,7,9-10,13H,4,6,8H2,1-3H3,(H,18,21)/t13-/m1/s1. The number of ether oxygens (including phenoxy) is 1. The SMILES string of the molecule is CCc1nn(C)cc1NC(=O)[C@@H]1CCc2ccc(OC)cc21. The van der Waals surface area contributed by atoms with E-state index in [-0.39, 0.29) is 11.8 Å². The van der Waals surface area contributed by atoms with Gasteiger partial charge in [-0.3, -0.25) is 9.48 Å². The first kappa shape index (κ1) is 14.6. The van der Waals surface area contributed by atoms with E-state index >= 15 is 0 Å². The van der Waals surface area contributed by atoms with Gasteiger partial charge in [0, 0.05) is 13.2 Å². The highest BCUT2D eigenvalue weighted by Gasteiger charge is 2.29. The van der Waals surface area contributed by atoms with Crippen molar-refractivity contribution in [3.05, 3.63) is 41.2 Å². The van der Waals surface area contributed by atoms with Gasteiger partial charge >= 0.3 is 0 Å². The highest BCUT2D eigenvalue weighted by molar-refractivity contribution is 5.97. The van der Waals surface area contributed by atoms with Crippen LogP contribution in [0.3, 0.4) is 0 Å². The molecule has 1 aliphatic carbocycles. The molecule has 0 bridgehead atoms. The Hall–Kier alpha value is -2.30. The molecule has 0 radical (unpaired) electrons. The van der Waals surface area contributed by atoms with Crippen LogP contribution in [0, 0.1) is 0 Å². The van der Waals surface area contributed by atoms with Crippen LogP contribution in [0.5, 0.6) is 5.75 Å². The normalized spacial score (nSPS) is 16.4. The van der Waals surface area contributed by atoms with Crippen molar-refractivity contribution in [2.75, 3.05) is 12.4 Å². The zero-order valence-corrected chi connectivity index (χ0v) is 13.2. The number of carbonyl (C=O) groups excluding carboxylic acids is 1. The Bertz CT molecular complexity index is 706. The Labute approximate surface area is 130 Å². The zero-order valence-electron chi connectivity index (χ0n) is 13.2. The Kier molecular flexibility index (Phi) is 3.88. The maximum atomic E-state index is 12.7. The molecule has 5 heteroatoms. The van der Waals surface area contributed by atoms with E-state index in [1.165, 1.54) is 5.56 Å². The van der Waals surface area contributed by atoms with Crippen LogP contribution < -0.4 is 10.1 Å². The number of hydrogen-bond acceptors (Lipinski definition) is 3. The first-order chi connectivity index (χ1) is 10.6. The second-order valence-corrected chi connectivity index (χ2v) is 5.66. The number of aryl methyl sites for hydroxylation is 3. The number of carbonyl (C=O) groups is 1. The molecule has 1 aromatic heterocycles. The molecule has 1 amide bonds. The molecule has 0 aliphatic heterocycles. The number of aromatic nitrogens is 2. The molecule has 0 saturated heterocycles. The van der Waals surface area contributed by atoms with Crippen LogP contribution in [0.4, 0.5) is 5.69 Å². The number of nitrogens with zero attached hydrogens (tertiary/aromatic N) is 2. The molecule has 0 saturated carbocycles. The maximum Gasteiger partial charge on any atom is 0.232 e. The van der Waals surface area contributed by atoms with Gasteiger partial charge in [-0.1, -0.05) is 13.0 Å². The quantitative estimate of drug-likeness (QED) is 0.944. The molecule has 3 rings (SSSR count). The number of amides is 1. The lowest BCUT2D eigenvalue weighted by molar-refractivity contribution is -0.117. The Morgan fingerprint density at radius 2 is 2.32 bits per heavy atom. The summed E-state index contributed by atoms with van der Waals surface area (Å²) in [6, 6.07) is 6.00. The van der Waals surface area contributed by atoms with Gasteiger partial charge in [0.15, 0.2) is 0 Å². The maximum absolute atomic E-state index is 12.7. The molecule has 0 spiro atoms. The molecule has 1 heterocycles. The smallest absolute Gasteiger partial charge is 0.232 e. The summed E-state index contributed by atoms with van der Waals surface area (Å²) in [6.07, 6.45) is 4.44. The number of rotatable bonds is 4. The van der Waals surface area contributed by atoms with Gasteiger partial charge in [-0.25, -0.2) is 0 Å². The third-order valence-corrected chi connectivity index (χ3v) is 4.25. The highest BCUT2D eigenvalue weighted by Crippen LogP contribution is 2.36. The van der Waals surface area contributed by atoms with E-state index in [1.807, 2.05) is 32.3 Å². The minimum Gasteiger partial charge on any atom is -0.497 e.